The van der Waals surface area contributed by atoms with Crippen molar-refractivity contribution >= 4 is 55.9 Å². The van der Waals surface area contributed by atoms with E-state index in [0.717, 1.165) is 39.8 Å². The Morgan fingerprint density at radius 3 is 1.25 bits per heavy atom. The predicted octanol–water partition coefficient (Wildman–Crippen LogP) is 25.3. The maximum Gasteiger partial charge on any atom is 0.0547 e. The first-order chi connectivity index (χ1) is 42.8. The van der Waals surface area contributed by atoms with Crippen LogP contribution in [0, 0.1) is 20.8 Å². The molecular weight excluding hydrogens is 1050 g/mol. The van der Waals surface area contributed by atoms with Crippen molar-refractivity contribution in [1.82, 2.24) is 4.57 Å². The van der Waals surface area contributed by atoms with Crippen molar-refractivity contribution in [3.63, 3.8) is 0 Å². The molecule has 0 atom stereocenters. The maximum absolute atomic E-state index is 2.63. The van der Waals surface area contributed by atoms with Gasteiger partial charge in [0, 0.05) is 56.0 Å². The van der Waals surface area contributed by atoms with Crippen molar-refractivity contribution in [3.05, 3.63) is 258 Å². The molecule has 0 saturated carbocycles. The van der Waals surface area contributed by atoms with Gasteiger partial charge < -0.3 is 14.4 Å². The summed E-state index contributed by atoms with van der Waals surface area (Å²) < 4.78 is 2.43. The van der Waals surface area contributed by atoms with E-state index >= 15 is 0 Å². The molecule has 0 saturated heterocycles. The minimum absolute atomic E-state index is 0.0310. The number of anilines is 6. The zero-order valence-corrected chi connectivity index (χ0v) is 52.5. The van der Waals surface area contributed by atoms with Gasteiger partial charge in [-0.25, -0.2) is 0 Å². The number of para-hydroxylation sites is 3. The van der Waals surface area contributed by atoms with E-state index in [9.17, 15) is 0 Å². The number of hydrogen-bond acceptors (Lipinski definition) is 2. The number of rotatable bonds is 27. The summed E-state index contributed by atoms with van der Waals surface area (Å²) in [5.74, 6) is 0. The fourth-order valence-corrected chi connectivity index (χ4v) is 14.2. The second-order valence-corrected chi connectivity index (χ2v) is 25.1. The lowest BCUT2D eigenvalue weighted by Crippen LogP contribution is -2.26. The first-order valence-corrected chi connectivity index (χ1v) is 33.2. The van der Waals surface area contributed by atoms with E-state index < -0.39 is 0 Å². The van der Waals surface area contributed by atoms with Gasteiger partial charge in [0.25, 0.3) is 0 Å². The molecule has 0 fully saturated rings. The number of nitrogens with zero attached hydrogens (tertiary/aromatic N) is 3. The molecule has 10 aromatic carbocycles. The Morgan fingerprint density at radius 1 is 0.310 bits per heavy atom. The molecule has 1 heterocycles. The molecule has 3 heteroatoms. The number of hydrogen-bond donors (Lipinski definition) is 0. The third-order valence-corrected chi connectivity index (χ3v) is 19.2. The lowest BCUT2D eigenvalue weighted by Gasteiger charge is -2.33. The highest BCUT2D eigenvalue weighted by atomic mass is 15.1. The fourth-order valence-electron chi connectivity index (χ4n) is 14.2. The van der Waals surface area contributed by atoms with Crippen LogP contribution in [0.15, 0.2) is 231 Å². The van der Waals surface area contributed by atoms with E-state index in [-0.39, 0.29) is 5.41 Å². The number of unbranched alkanes of at least 4 members (excludes halogenated alkanes) is 14. The van der Waals surface area contributed by atoms with E-state index in [4.69, 9.17) is 0 Å². The SMILES string of the molecule is CCCCCCCCCCC1(CCCCCCCCCC)c2cc(-c3ccc(N(c4ccc(C)cc4)c4ccc(-c5ccc6c7ccccc7n(-c7ccc(N(c8ccccc8)c8ccccc8)cc7)c6c5)cc4)cc3)ccc2-c2cc(C)c(C)cc21. The van der Waals surface area contributed by atoms with Gasteiger partial charge in [0.05, 0.1) is 11.0 Å². The minimum Gasteiger partial charge on any atom is -0.311 e. The second-order valence-electron chi connectivity index (χ2n) is 25.1. The number of benzene rings is 10. The lowest BCUT2D eigenvalue weighted by molar-refractivity contribution is 0.397. The van der Waals surface area contributed by atoms with E-state index in [1.807, 2.05) is 0 Å². The average Bonchev–Trinajstić information content (AvgIpc) is 1.60. The smallest absolute Gasteiger partial charge is 0.0547 e. The van der Waals surface area contributed by atoms with Crippen LogP contribution in [-0.4, -0.2) is 4.57 Å². The Morgan fingerprint density at radius 2 is 0.713 bits per heavy atom. The summed E-state index contributed by atoms with van der Waals surface area (Å²) in [5.41, 5.74) is 25.4. The third kappa shape index (κ3) is 12.7. The van der Waals surface area contributed by atoms with E-state index in [1.54, 1.807) is 11.1 Å². The number of fused-ring (bicyclic) bond motifs is 6. The van der Waals surface area contributed by atoms with Crippen LogP contribution >= 0.6 is 0 Å². The number of aromatic nitrogens is 1. The van der Waals surface area contributed by atoms with Crippen LogP contribution in [-0.2, 0) is 5.41 Å². The van der Waals surface area contributed by atoms with Gasteiger partial charge >= 0.3 is 0 Å². The molecule has 3 nitrogen and oxygen atoms in total. The Labute approximate surface area is 520 Å². The fraction of sp³-hybridized carbons (Fsp3) is 0.286. The summed E-state index contributed by atoms with van der Waals surface area (Å²) in [4.78, 5) is 4.73. The average molecular weight is 1140 g/mol. The van der Waals surface area contributed by atoms with Crippen molar-refractivity contribution in [2.24, 2.45) is 0 Å². The van der Waals surface area contributed by atoms with Gasteiger partial charge in [0.2, 0.25) is 0 Å². The summed E-state index contributed by atoms with van der Waals surface area (Å²) in [6.07, 6.45) is 24.0. The highest BCUT2D eigenvalue weighted by molar-refractivity contribution is 6.10. The minimum atomic E-state index is 0.0310. The van der Waals surface area contributed by atoms with E-state index in [2.05, 4.69) is 280 Å². The third-order valence-electron chi connectivity index (χ3n) is 19.2. The molecule has 1 aromatic heterocycles. The van der Waals surface area contributed by atoms with Crippen molar-refractivity contribution < 1.29 is 0 Å². The van der Waals surface area contributed by atoms with Gasteiger partial charge in [-0.05, 0) is 192 Å². The quantitative estimate of drug-likeness (QED) is 0.0476. The van der Waals surface area contributed by atoms with E-state index in [0.29, 0.717) is 0 Å². The molecule has 0 spiro atoms. The Balaban J connectivity index is 0.842. The van der Waals surface area contributed by atoms with Crippen molar-refractivity contribution in [2.75, 3.05) is 9.80 Å². The van der Waals surface area contributed by atoms with Crippen LogP contribution in [0.25, 0.3) is 60.9 Å². The molecule has 1 aliphatic carbocycles. The topological polar surface area (TPSA) is 11.4 Å². The molecular formula is C84H89N3. The highest BCUT2D eigenvalue weighted by Gasteiger charge is 2.43. The van der Waals surface area contributed by atoms with Gasteiger partial charge in [0.1, 0.15) is 0 Å². The summed E-state index contributed by atoms with van der Waals surface area (Å²) in [6, 6.07) is 86.3. The monoisotopic (exact) mass is 1140 g/mol. The predicted molar refractivity (Wildman–Crippen MR) is 376 cm³/mol. The molecule has 87 heavy (non-hydrogen) atoms. The zero-order valence-electron chi connectivity index (χ0n) is 52.5. The Kier molecular flexibility index (Phi) is 18.7. The first kappa shape index (κ1) is 59.0. The zero-order chi connectivity index (χ0) is 59.5. The van der Waals surface area contributed by atoms with Crippen molar-refractivity contribution in [1.29, 1.82) is 0 Å². The Hall–Kier alpha value is -8.40. The standard InChI is InChI=1S/C84H89N3/c1-6-8-10-12-14-16-18-28-56-84(57-29-19-17-15-13-11-9-7-2)80-59-64(5)63(4)58-79(80)76-54-42-67(60-81(76)84)65-38-46-72(47-39-65)86(71-44-36-62(3)37-45-71)73-48-40-66(41-49-73)68-43-55-78-77-34-26-27-35-82(77)87(83(78)61-68)75-52-50-74(51-53-75)85(69-30-22-20-23-31-69)70-32-24-21-25-33-70/h20-27,30-55,58-61H,6-19,28-29,56-57H2,1-5H3. The van der Waals surface area contributed by atoms with Crippen LogP contribution in [0.3, 0.4) is 0 Å². The Bertz CT molecular complexity index is 3960. The number of aryl methyl sites for hydroxylation is 3. The normalized spacial score (nSPS) is 12.4. The molecule has 440 valence electrons. The second kappa shape index (κ2) is 27.5. The van der Waals surface area contributed by atoms with Crippen molar-refractivity contribution in [2.45, 2.75) is 156 Å². The van der Waals surface area contributed by atoms with Crippen LogP contribution < -0.4 is 9.80 Å². The highest BCUT2D eigenvalue weighted by Crippen LogP contribution is 2.56. The summed E-state index contributed by atoms with van der Waals surface area (Å²) >= 11 is 0. The van der Waals surface area contributed by atoms with Crippen LogP contribution in [0.2, 0.25) is 0 Å². The van der Waals surface area contributed by atoms with Gasteiger partial charge in [-0.15, -0.1) is 0 Å². The first-order valence-electron chi connectivity index (χ1n) is 33.2. The van der Waals surface area contributed by atoms with Crippen molar-refractivity contribution in [3.8, 4) is 39.1 Å². The molecule has 0 N–H and O–H groups in total. The molecule has 0 radical (unpaired) electrons. The molecule has 0 bridgehead atoms. The molecule has 0 aliphatic heterocycles. The molecule has 1 aliphatic rings. The van der Waals surface area contributed by atoms with Gasteiger partial charge in [0.15, 0.2) is 0 Å². The van der Waals surface area contributed by atoms with Gasteiger partial charge in [-0.1, -0.05) is 250 Å². The van der Waals surface area contributed by atoms with Crippen LogP contribution in [0.1, 0.15) is 157 Å². The largest absolute Gasteiger partial charge is 0.311 e. The summed E-state index contributed by atoms with van der Waals surface area (Å²) in [7, 11) is 0. The van der Waals surface area contributed by atoms with Gasteiger partial charge in [-0.3, -0.25) is 0 Å². The van der Waals surface area contributed by atoms with Crippen LogP contribution in [0.5, 0.6) is 0 Å². The summed E-state index contributed by atoms with van der Waals surface area (Å²) in [5, 5.41) is 2.49. The lowest BCUT2D eigenvalue weighted by atomic mass is 9.70. The summed E-state index contributed by atoms with van der Waals surface area (Å²) in [6.45, 7) is 11.5. The van der Waals surface area contributed by atoms with Crippen LogP contribution in [0.4, 0.5) is 34.1 Å². The van der Waals surface area contributed by atoms with E-state index in [1.165, 1.54) is 187 Å². The van der Waals surface area contributed by atoms with Gasteiger partial charge in [-0.2, -0.15) is 0 Å². The molecule has 0 unspecified atom stereocenters. The molecule has 12 rings (SSSR count). The molecule has 0 amide bonds. The molecule has 11 aromatic rings. The maximum atomic E-state index is 2.63.